The number of hydrogen-bond donors (Lipinski definition) is 0. The Labute approximate surface area is 117 Å². The number of nitrogens with zero attached hydrogens (tertiary/aromatic N) is 2. The number of benzene rings is 1. The lowest BCUT2D eigenvalue weighted by atomic mass is 10.1. The molecule has 17 heavy (non-hydrogen) atoms. The molecule has 86 valence electrons. The van der Waals surface area contributed by atoms with Crippen molar-refractivity contribution in [2.75, 3.05) is 0 Å². The van der Waals surface area contributed by atoms with E-state index >= 15 is 0 Å². The lowest BCUT2D eigenvalue weighted by Gasteiger charge is -2.08. The average Bonchev–Trinajstić information content (AvgIpc) is 2.45. The second-order valence-electron chi connectivity index (χ2n) is 2.99. The van der Waals surface area contributed by atoms with Gasteiger partial charge in [-0.25, -0.2) is 4.99 Å². The maximum atomic E-state index is 8.75. The molecule has 1 aliphatic heterocycles. The molecule has 0 saturated heterocycles. The van der Waals surface area contributed by atoms with E-state index in [-0.39, 0.29) is 26.0 Å². The molecule has 0 spiro atoms. The molecule has 1 aromatic rings. The molecule has 0 fully saturated rings. The van der Waals surface area contributed by atoms with Gasteiger partial charge in [0.15, 0.2) is 6.07 Å². The molecule has 0 N–H and O–H groups in total. The molecule has 1 aromatic carbocycles. The molecular weight excluding hydrogens is 306 g/mol. The van der Waals surface area contributed by atoms with Gasteiger partial charge in [0.25, 0.3) is 0 Å². The van der Waals surface area contributed by atoms with Crippen molar-refractivity contribution in [3.63, 3.8) is 0 Å². The number of aliphatic imine (C=N–C) groups is 1. The van der Waals surface area contributed by atoms with Gasteiger partial charge in [0.1, 0.15) is 6.26 Å². The third kappa shape index (κ3) is 2.22. The van der Waals surface area contributed by atoms with Crippen molar-refractivity contribution in [2.24, 2.45) is 4.99 Å². The van der Waals surface area contributed by atoms with E-state index in [9.17, 15) is 0 Å². The largest absolute Gasteiger partial charge is 0.437 e. The van der Waals surface area contributed by atoms with Gasteiger partial charge in [-0.2, -0.15) is 5.26 Å². The highest BCUT2D eigenvalue weighted by Crippen LogP contribution is 2.44. The number of fused-ring (bicyclic) bond motifs is 1. The molecule has 0 unspecified atom stereocenters. The second kappa shape index (κ2) is 4.75. The third-order valence-corrected chi connectivity index (χ3v) is 3.51. The van der Waals surface area contributed by atoms with Gasteiger partial charge < -0.3 is 4.74 Å². The summed E-state index contributed by atoms with van der Waals surface area (Å²) >= 11 is 23.8. The van der Waals surface area contributed by atoms with Crippen molar-refractivity contribution in [1.82, 2.24) is 0 Å². The molecule has 1 heterocycles. The van der Waals surface area contributed by atoms with Crippen LogP contribution in [0.4, 0.5) is 5.69 Å². The molecule has 0 bridgehead atoms. The SMILES string of the molecule is N#CC1=Nc2cc(Cl)c(Cl)c(Cl)c2C(Cl)=CO1. The van der Waals surface area contributed by atoms with Crippen LogP contribution in [-0.4, -0.2) is 5.90 Å². The van der Waals surface area contributed by atoms with E-state index in [0.717, 1.165) is 0 Å². The van der Waals surface area contributed by atoms with Gasteiger partial charge in [0.05, 0.1) is 25.8 Å². The van der Waals surface area contributed by atoms with Gasteiger partial charge >= 0.3 is 5.90 Å². The van der Waals surface area contributed by atoms with E-state index in [1.54, 1.807) is 6.07 Å². The van der Waals surface area contributed by atoms with Crippen molar-refractivity contribution in [3.05, 3.63) is 33.0 Å². The zero-order chi connectivity index (χ0) is 12.6. The third-order valence-electron chi connectivity index (χ3n) is 1.97. The topological polar surface area (TPSA) is 45.4 Å². The first-order chi connectivity index (χ1) is 8.04. The molecule has 1 aliphatic rings. The van der Waals surface area contributed by atoms with Crippen LogP contribution < -0.4 is 0 Å². The summed E-state index contributed by atoms with van der Waals surface area (Å²) < 4.78 is 4.93. The van der Waals surface area contributed by atoms with Crippen molar-refractivity contribution in [3.8, 4) is 6.07 Å². The van der Waals surface area contributed by atoms with Crippen molar-refractivity contribution in [2.45, 2.75) is 0 Å². The first-order valence-corrected chi connectivity index (χ1v) is 5.74. The van der Waals surface area contributed by atoms with E-state index in [1.165, 1.54) is 12.3 Å². The number of nitriles is 1. The summed E-state index contributed by atoms with van der Waals surface area (Å²) in [5.41, 5.74) is 0.715. The quantitative estimate of drug-likeness (QED) is 0.648. The highest BCUT2D eigenvalue weighted by Gasteiger charge is 2.20. The highest BCUT2D eigenvalue weighted by atomic mass is 35.5. The summed E-state index contributed by atoms with van der Waals surface area (Å²) in [7, 11) is 0. The van der Waals surface area contributed by atoms with Gasteiger partial charge in [-0.1, -0.05) is 46.4 Å². The Morgan fingerprint density at radius 1 is 1.18 bits per heavy atom. The maximum Gasteiger partial charge on any atom is 0.300 e. The Hall–Kier alpha value is -0.920. The highest BCUT2D eigenvalue weighted by molar-refractivity contribution is 6.54. The second-order valence-corrected chi connectivity index (χ2v) is 4.56. The Morgan fingerprint density at radius 3 is 2.53 bits per heavy atom. The van der Waals surface area contributed by atoms with Crippen LogP contribution >= 0.6 is 46.4 Å². The standard InChI is InChI=1S/C10H2Cl4N2O/c11-4-1-6-8(10(14)9(4)13)5(12)3-17-7(2-15)16-6/h1,3H. The van der Waals surface area contributed by atoms with E-state index < -0.39 is 0 Å². The maximum absolute atomic E-state index is 8.75. The van der Waals surface area contributed by atoms with E-state index in [0.29, 0.717) is 11.3 Å². The predicted octanol–water partition coefficient (Wildman–Crippen LogP) is 4.77. The monoisotopic (exact) mass is 306 g/mol. The predicted molar refractivity (Wildman–Crippen MR) is 69.1 cm³/mol. The molecule has 3 nitrogen and oxygen atoms in total. The number of hydrogen-bond acceptors (Lipinski definition) is 3. The molecule has 0 aliphatic carbocycles. The van der Waals surface area contributed by atoms with Crippen LogP contribution in [0, 0.1) is 11.3 Å². The van der Waals surface area contributed by atoms with Gasteiger partial charge in [-0.15, -0.1) is 0 Å². The summed E-state index contributed by atoms with van der Waals surface area (Å²) in [6.07, 6.45) is 1.17. The average molecular weight is 308 g/mol. The Bertz CT molecular complexity index is 601. The van der Waals surface area contributed by atoms with Gasteiger partial charge in [-0.3, -0.25) is 0 Å². The summed E-state index contributed by atoms with van der Waals surface area (Å²) in [4.78, 5) is 3.94. The molecule has 0 amide bonds. The summed E-state index contributed by atoms with van der Waals surface area (Å²) in [5, 5.41) is 9.51. The fourth-order valence-electron chi connectivity index (χ4n) is 1.25. The Morgan fingerprint density at radius 2 is 1.88 bits per heavy atom. The van der Waals surface area contributed by atoms with Crippen LogP contribution in [0.5, 0.6) is 0 Å². The van der Waals surface area contributed by atoms with Crippen molar-refractivity contribution < 1.29 is 4.74 Å². The summed E-state index contributed by atoms with van der Waals surface area (Å²) in [6.45, 7) is 0. The normalized spacial score (nSPS) is 13.8. The van der Waals surface area contributed by atoms with Crippen LogP contribution in [-0.2, 0) is 4.74 Å². The molecule has 0 atom stereocenters. The summed E-state index contributed by atoms with van der Waals surface area (Å²) in [5.74, 6) is -0.156. The number of ether oxygens (including phenoxy) is 1. The smallest absolute Gasteiger partial charge is 0.300 e. The van der Waals surface area contributed by atoms with E-state index in [2.05, 4.69) is 4.99 Å². The van der Waals surface area contributed by atoms with Crippen LogP contribution in [0.25, 0.3) is 5.03 Å². The van der Waals surface area contributed by atoms with Crippen LogP contribution in [0.3, 0.4) is 0 Å². The molecule has 0 radical (unpaired) electrons. The Balaban J connectivity index is 2.80. The number of halogens is 4. The van der Waals surface area contributed by atoms with Gasteiger partial charge in [-0.05, 0) is 6.07 Å². The molecule has 2 rings (SSSR count). The van der Waals surface area contributed by atoms with Gasteiger partial charge in [0, 0.05) is 5.56 Å². The van der Waals surface area contributed by atoms with E-state index in [1.807, 2.05) is 0 Å². The van der Waals surface area contributed by atoms with Gasteiger partial charge in [0.2, 0.25) is 0 Å². The fraction of sp³-hybridized carbons (Fsp3) is 0. The lowest BCUT2D eigenvalue weighted by molar-refractivity contribution is 0.483. The van der Waals surface area contributed by atoms with Crippen molar-refractivity contribution in [1.29, 1.82) is 5.26 Å². The molecular formula is C10H2Cl4N2O. The molecule has 0 aromatic heterocycles. The number of rotatable bonds is 0. The molecule has 7 heteroatoms. The van der Waals surface area contributed by atoms with Crippen LogP contribution in [0.2, 0.25) is 15.1 Å². The lowest BCUT2D eigenvalue weighted by Crippen LogP contribution is -1.93. The van der Waals surface area contributed by atoms with E-state index in [4.69, 9.17) is 56.4 Å². The zero-order valence-corrected chi connectivity index (χ0v) is 11.0. The first kappa shape index (κ1) is 12.5. The van der Waals surface area contributed by atoms with Crippen LogP contribution in [0.15, 0.2) is 17.3 Å². The van der Waals surface area contributed by atoms with Crippen LogP contribution in [0.1, 0.15) is 5.56 Å². The fourth-order valence-corrected chi connectivity index (χ4v) is 2.23. The van der Waals surface area contributed by atoms with Crippen molar-refractivity contribution >= 4 is 63.0 Å². The summed E-state index contributed by atoms with van der Waals surface area (Å²) in [6, 6.07) is 3.23. The Kier molecular flexibility index (Phi) is 3.50. The minimum atomic E-state index is -0.156. The minimum absolute atomic E-state index is 0.156. The minimum Gasteiger partial charge on any atom is -0.437 e. The zero-order valence-electron chi connectivity index (χ0n) is 7.97. The first-order valence-electron chi connectivity index (χ1n) is 4.23. The molecule has 0 saturated carbocycles.